The Hall–Kier alpha value is -0.420. The van der Waals surface area contributed by atoms with Gasteiger partial charge >= 0.3 is 0 Å². The molecule has 5 heteroatoms. The van der Waals surface area contributed by atoms with Crippen molar-refractivity contribution in [1.82, 2.24) is 0 Å². The van der Waals surface area contributed by atoms with Gasteiger partial charge in [-0.15, -0.1) is 0 Å². The Morgan fingerprint density at radius 1 is 1.43 bits per heavy atom. The van der Waals surface area contributed by atoms with Crippen LogP contribution in [0.2, 0.25) is 0 Å². The molecule has 1 amide bonds. The van der Waals surface area contributed by atoms with Gasteiger partial charge in [0.05, 0.1) is 5.41 Å². The highest BCUT2D eigenvalue weighted by Crippen LogP contribution is 2.38. The van der Waals surface area contributed by atoms with Crippen LogP contribution in [0.3, 0.4) is 0 Å². The Labute approximate surface area is 85.4 Å². The van der Waals surface area contributed by atoms with Crippen molar-refractivity contribution >= 4 is 15.6 Å². The fourth-order valence-corrected chi connectivity index (χ4v) is 2.45. The van der Waals surface area contributed by atoms with Crippen LogP contribution in [0.5, 0.6) is 0 Å². The summed E-state index contributed by atoms with van der Waals surface area (Å²) in [7, 11) is -2.34. The van der Waals surface area contributed by atoms with Crippen molar-refractivity contribution in [2.45, 2.75) is 25.7 Å². The Bertz CT molecular complexity index is 329. The summed E-state index contributed by atoms with van der Waals surface area (Å²) in [6, 6.07) is 0. The van der Waals surface area contributed by atoms with Crippen LogP contribution >= 0.6 is 0 Å². The summed E-state index contributed by atoms with van der Waals surface area (Å²) < 4.78 is 15.1. The van der Waals surface area contributed by atoms with E-state index in [2.05, 4.69) is 4.36 Å². The minimum Gasteiger partial charge on any atom is -0.329 e. The largest absolute Gasteiger partial charge is 0.329 e. The van der Waals surface area contributed by atoms with Crippen LogP contribution < -0.4 is 5.73 Å². The number of amides is 1. The molecule has 0 saturated heterocycles. The topological polar surface area (TPSA) is 72.5 Å². The van der Waals surface area contributed by atoms with Crippen LogP contribution in [0, 0.1) is 5.41 Å². The van der Waals surface area contributed by atoms with Crippen LogP contribution in [0.15, 0.2) is 4.36 Å². The van der Waals surface area contributed by atoms with Crippen molar-refractivity contribution < 1.29 is 9.00 Å². The fraction of sp³-hybridized carbons (Fsp3) is 0.889. The molecule has 1 saturated carbocycles. The average molecular weight is 218 g/mol. The monoisotopic (exact) mass is 218 g/mol. The summed E-state index contributed by atoms with van der Waals surface area (Å²) in [5, 5.41) is 0. The van der Waals surface area contributed by atoms with E-state index < -0.39 is 15.1 Å². The number of nitrogens with zero attached hydrogens (tertiary/aromatic N) is 1. The zero-order chi connectivity index (χ0) is 10.8. The Kier molecular flexibility index (Phi) is 3.32. The minimum atomic E-state index is -2.34. The molecule has 1 fully saturated rings. The molecule has 0 unspecified atom stereocenters. The van der Waals surface area contributed by atoms with Crippen molar-refractivity contribution in [2.24, 2.45) is 15.5 Å². The molecule has 0 spiro atoms. The lowest BCUT2D eigenvalue weighted by atomic mass is 9.86. The van der Waals surface area contributed by atoms with Gasteiger partial charge in [0.2, 0.25) is 0 Å². The van der Waals surface area contributed by atoms with Crippen molar-refractivity contribution in [3.63, 3.8) is 0 Å². The Morgan fingerprint density at radius 2 is 1.93 bits per heavy atom. The summed E-state index contributed by atoms with van der Waals surface area (Å²) in [6.45, 7) is 0.324. The molecule has 0 aromatic rings. The van der Waals surface area contributed by atoms with E-state index in [1.807, 2.05) is 0 Å². The fourth-order valence-electron chi connectivity index (χ4n) is 1.85. The lowest BCUT2D eigenvalue weighted by Gasteiger charge is -2.22. The lowest BCUT2D eigenvalue weighted by Crippen LogP contribution is -2.35. The second kappa shape index (κ2) is 3.98. The molecule has 1 aliphatic carbocycles. The van der Waals surface area contributed by atoms with Crippen LogP contribution in [-0.4, -0.2) is 29.2 Å². The van der Waals surface area contributed by atoms with E-state index in [0.717, 1.165) is 25.7 Å². The molecule has 0 heterocycles. The molecule has 1 aliphatic rings. The molecular formula is C9H18N2O2S. The number of carbonyl (C=O) groups is 1. The number of nitrogens with two attached hydrogens (primary N) is 1. The first-order chi connectivity index (χ1) is 6.40. The molecule has 0 radical (unpaired) electrons. The van der Waals surface area contributed by atoms with Gasteiger partial charge in [-0.3, -0.25) is 4.79 Å². The minimum absolute atomic E-state index is 0.257. The van der Waals surface area contributed by atoms with E-state index in [1.165, 1.54) is 12.5 Å². The third-order valence-electron chi connectivity index (χ3n) is 2.71. The molecular weight excluding hydrogens is 200 g/mol. The first kappa shape index (κ1) is 11.7. The van der Waals surface area contributed by atoms with Crippen molar-refractivity contribution in [3.05, 3.63) is 0 Å². The van der Waals surface area contributed by atoms with Gasteiger partial charge in [-0.05, 0) is 12.8 Å². The third kappa shape index (κ3) is 2.54. The summed E-state index contributed by atoms with van der Waals surface area (Å²) in [4.78, 5) is 11.8. The normalized spacial score (nSPS) is 20.8. The maximum Gasteiger partial charge on any atom is 0.261 e. The molecule has 82 valence electrons. The second-order valence-corrected chi connectivity index (χ2v) is 6.81. The van der Waals surface area contributed by atoms with E-state index in [0.29, 0.717) is 6.54 Å². The summed E-state index contributed by atoms with van der Waals surface area (Å²) in [6.07, 6.45) is 6.58. The van der Waals surface area contributed by atoms with Crippen molar-refractivity contribution in [1.29, 1.82) is 0 Å². The van der Waals surface area contributed by atoms with Gasteiger partial charge in [0.25, 0.3) is 5.91 Å². The number of carbonyl (C=O) groups excluding carboxylic acids is 1. The van der Waals surface area contributed by atoms with Gasteiger partial charge in [0.15, 0.2) is 0 Å². The van der Waals surface area contributed by atoms with Crippen molar-refractivity contribution in [3.8, 4) is 0 Å². The molecule has 0 aromatic carbocycles. The third-order valence-corrected chi connectivity index (χ3v) is 3.31. The molecule has 0 aliphatic heterocycles. The van der Waals surface area contributed by atoms with Gasteiger partial charge in [-0.25, -0.2) is 4.21 Å². The Balaban J connectivity index is 2.92. The van der Waals surface area contributed by atoms with Crippen LogP contribution in [0.4, 0.5) is 0 Å². The first-order valence-corrected chi connectivity index (χ1v) is 7.14. The predicted octanol–water partition coefficient (Wildman–Crippen LogP) is 0.760. The standard InChI is InChI=1S/C9H18N2O2S/c1-14(2,13)11-8(12)9(7-10)5-3-4-6-9/h3-7,10H2,1-2H3. The highest BCUT2D eigenvalue weighted by Gasteiger charge is 2.40. The molecule has 0 atom stereocenters. The molecule has 1 rings (SSSR count). The predicted molar refractivity (Wildman–Crippen MR) is 57.4 cm³/mol. The zero-order valence-corrected chi connectivity index (χ0v) is 9.60. The number of hydrogen-bond donors (Lipinski definition) is 1. The van der Waals surface area contributed by atoms with Crippen LogP contribution in [0.1, 0.15) is 25.7 Å². The second-order valence-electron chi connectivity index (χ2n) is 4.27. The smallest absolute Gasteiger partial charge is 0.261 e. The van der Waals surface area contributed by atoms with E-state index in [1.54, 1.807) is 0 Å². The van der Waals surface area contributed by atoms with E-state index in [9.17, 15) is 9.00 Å². The quantitative estimate of drug-likeness (QED) is 0.743. The summed E-state index contributed by atoms with van der Waals surface area (Å²) in [5.41, 5.74) is 5.11. The van der Waals surface area contributed by atoms with E-state index >= 15 is 0 Å². The molecule has 0 bridgehead atoms. The molecule has 4 nitrogen and oxygen atoms in total. The highest BCUT2D eigenvalue weighted by molar-refractivity contribution is 7.92. The SMILES string of the molecule is CS(C)(=O)=NC(=O)C1(CN)CCCC1. The molecule has 2 N–H and O–H groups in total. The van der Waals surface area contributed by atoms with Crippen LogP contribution in [-0.2, 0) is 14.5 Å². The lowest BCUT2D eigenvalue weighted by molar-refractivity contribution is -0.126. The summed E-state index contributed by atoms with van der Waals surface area (Å²) >= 11 is 0. The van der Waals surface area contributed by atoms with Gasteiger partial charge in [-0.2, -0.15) is 4.36 Å². The molecule has 0 aromatic heterocycles. The van der Waals surface area contributed by atoms with E-state index in [-0.39, 0.29) is 5.91 Å². The van der Waals surface area contributed by atoms with Gasteiger partial charge in [-0.1, -0.05) is 12.8 Å². The van der Waals surface area contributed by atoms with Crippen LogP contribution in [0.25, 0.3) is 0 Å². The number of hydrogen-bond acceptors (Lipinski definition) is 3. The van der Waals surface area contributed by atoms with E-state index in [4.69, 9.17) is 5.73 Å². The summed E-state index contributed by atoms with van der Waals surface area (Å²) in [5.74, 6) is -0.257. The Morgan fingerprint density at radius 3 is 2.29 bits per heavy atom. The maximum atomic E-state index is 11.8. The zero-order valence-electron chi connectivity index (χ0n) is 8.78. The van der Waals surface area contributed by atoms with Gasteiger partial charge < -0.3 is 5.73 Å². The maximum absolute atomic E-state index is 11.8. The molecule has 14 heavy (non-hydrogen) atoms. The first-order valence-electron chi connectivity index (χ1n) is 4.81. The average Bonchev–Trinajstić information content (AvgIpc) is 2.49. The van der Waals surface area contributed by atoms with Crippen molar-refractivity contribution in [2.75, 3.05) is 19.1 Å². The highest BCUT2D eigenvalue weighted by atomic mass is 32.2. The van der Waals surface area contributed by atoms with Gasteiger partial charge in [0, 0.05) is 28.8 Å². The van der Waals surface area contributed by atoms with Gasteiger partial charge in [0.1, 0.15) is 0 Å². The number of rotatable bonds is 2.